The van der Waals surface area contributed by atoms with Crippen LogP contribution >= 0.6 is 15.9 Å². The van der Waals surface area contributed by atoms with E-state index in [1.165, 1.54) is 4.68 Å². The van der Waals surface area contributed by atoms with Crippen LogP contribution in [0.5, 0.6) is 5.75 Å². The third-order valence-corrected chi connectivity index (χ3v) is 2.96. The molecule has 1 aromatic heterocycles. The number of aromatic nitrogens is 2. The number of benzene rings is 1. The second-order valence-corrected chi connectivity index (χ2v) is 4.91. The molecule has 0 atom stereocenters. The molecule has 0 unspecified atom stereocenters. The molecule has 2 aromatic rings. The highest BCUT2D eigenvalue weighted by atomic mass is 79.9. The second kappa shape index (κ2) is 5.35. The molecule has 0 radical (unpaired) electrons. The van der Waals surface area contributed by atoms with E-state index in [4.69, 9.17) is 4.74 Å². The summed E-state index contributed by atoms with van der Waals surface area (Å²) in [4.78, 5) is 11.8. The Morgan fingerprint density at radius 3 is 2.78 bits per heavy atom. The Labute approximate surface area is 114 Å². The first-order valence-corrected chi connectivity index (χ1v) is 6.30. The van der Waals surface area contributed by atoms with Crippen LogP contribution in [0.2, 0.25) is 0 Å². The van der Waals surface area contributed by atoms with Crippen molar-refractivity contribution in [1.29, 1.82) is 0 Å². The van der Waals surface area contributed by atoms with E-state index < -0.39 is 0 Å². The Kier molecular flexibility index (Phi) is 3.81. The van der Waals surface area contributed by atoms with Crippen molar-refractivity contribution in [2.24, 2.45) is 0 Å². The van der Waals surface area contributed by atoms with Crippen LogP contribution in [-0.2, 0) is 0 Å². The molecule has 5 heteroatoms. The minimum atomic E-state index is -0.189. The molecule has 1 aromatic carbocycles. The number of aryl methyl sites for hydroxylation is 2. The van der Waals surface area contributed by atoms with Crippen molar-refractivity contribution in [3.05, 3.63) is 46.2 Å². The third-order valence-electron chi connectivity index (χ3n) is 2.47. The Morgan fingerprint density at radius 2 is 2.17 bits per heavy atom. The number of carbonyl (C=O) groups excluding carboxylic acids is 1. The van der Waals surface area contributed by atoms with Gasteiger partial charge in [0.05, 0.1) is 5.69 Å². The molecular formula is C13H13BrN2O2. The van der Waals surface area contributed by atoms with Crippen LogP contribution in [0.1, 0.15) is 16.1 Å². The van der Waals surface area contributed by atoms with Gasteiger partial charge in [0.2, 0.25) is 0 Å². The zero-order chi connectivity index (χ0) is 13.1. The Bertz CT molecular complexity index is 578. The molecule has 18 heavy (non-hydrogen) atoms. The van der Waals surface area contributed by atoms with E-state index >= 15 is 0 Å². The molecule has 0 aliphatic rings. The molecule has 0 saturated heterocycles. The van der Waals surface area contributed by atoms with Crippen LogP contribution in [0.4, 0.5) is 0 Å². The predicted octanol–water partition coefficient (Wildman–Crippen LogP) is 2.98. The number of hydrogen-bond acceptors (Lipinski definition) is 3. The highest BCUT2D eigenvalue weighted by Gasteiger charge is 2.08. The van der Waals surface area contributed by atoms with E-state index in [0.29, 0.717) is 5.75 Å². The highest BCUT2D eigenvalue weighted by molar-refractivity contribution is 9.10. The summed E-state index contributed by atoms with van der Waals surface area (Å²) in [5, 5.41) is 4.04. The first-order chi connectivity index (χ1) is 8.56. The summed E-state index contributed by atoms with van der Waals surface area (Å²) in [5.41, 5.74) is 1.79. The Hall–Kier alpha value is -1.62. The largest absolute Gasteiger partial charge is 0.483 e. The average Bonchev–Trinajstić information content (AvgIpc) is 2.74. The van der Waals surface area contributed by atoms with Gasteiger partial charge >= 0.3 is 0 Å². The fourth-order valence-corrected chi connectivity index (χ4v) is 2.01. The van der Waals surface area contributed by atoms with Gasteiger partial charge in [-0.15, -0.1) is 0 Å². The van der Waals surface area contributed by atoms with Crippen LogP contribution in [0, 0.1) is 13.8 Å². The van der Waals surface area contributed by atoms with E-state index in [2.05, 4.69) is 21.0 Å². The molecule has 0 N–H and O–H groups in total. The summed E-state index contributed by atoms with van der Waals surface area (Å²) in [5.74, 6) is 0.515. The topological polar surface area (TPSA) is 44.1 Å². The molecule has 0 saturated carbocycles. The lowest BCUT2D eigenvalue weighted by molar-refractivity contribution is 0.0820. The van der Waals surface area contributed by atoms with E-state index in [1.54, 1.807) is 12.3 Å². The Balaban J connectivity index is 2.01. The average molecular weight is 309 g/mol. The number of ether oxygens (including phenoxy) is 1. The maximum Gasteiger partial charge on any atom is 0.284 e. The monoisotopic (exact) mass is 308 g/mol. The molecule has 2 rings (SSSR count). The van der Waals surface area contributed by atoms with E-state index in [-0.39, 0.29) is 12.5 Å². The summed E-state index contributed by atoms with van der Waals surface area (Å²) in [7, 11) is 0. The van der Waals surface area contributed by atoms with Gasteiger partial charge in [0.1, 0.15) is 5.75 Å². The minimum absolute atomic E-state index is 0.0242. The lowest BCUT2D eigenvalue weighted by Gasteiger charge is -2.08. The van der Waals surface area contributed by atoms with Gasteiger partial charge in [-0.25, -0.2) is 4.68 Å². The van der Waals surface area contributed by atoms with Gasteiger partial charge in [-0.05, 0) is 43.7 Å². The van der Waals surface area contributed by atoms with E-state index in [9.17, 15) is 4.79 Å². The number of rotatable bonds is 3. The molecule has 0 bridgehead atoms. The summed E-state index contributed by atoms with van der Waals surface area (Å²) in [6.45, 7) is 3.75. The van der Waals surface area contributed by atoms with E-state index in [1.807, 2.05) is 32.0 Å². The minimum Gasteiger partial charge on any atom is -0.483 e. The molecule has 94 valence electrons. The molecule has 0 fully saturated rings. The van der Waals surface area contributed by atoms with Crippen molar-refractivity contribution in [2.75, 3.05) is 6.61 Å². The lowest BCUT2D eigenvalue weighted by Crippen LogP contribution is -2.20. The Morgan fingerprint density at radius 1 is 1.39 bits per heavy atom. The molecule has 0 amide bonds. The van der Waals surface area contributed by atoms with Gasteiger partial charge in [-0.3, -0.25) is 4.79 Å². The fraction of sp³-hybridized carbons (Fsp3) is 0.231. The third kappa shape index (κ3) is 2.98. The SMILES string of the molecule is Cc1ccn(C(=O)COc2ccc(Br)cc2C)n1. The van der Waals surface area contributed by atoms with Gasteiger partial charge in [0, 0.05) is 10.7 Å². The number of carbonyl (C=O) groups is 1. The number of halogens is 1. The first-order valence-electron chi connectivity index (χ1n) is 5.50. The van der Waals surface area contributed by atoms with Gasteiger partial charge in [0.15, 0.2) is 6.61 Å². The number of nitrogens with zero attached hydrogens (tertiary/aromatic N) is 2. The molecule has 0 aliphatic heterocycles. The lowest BCUT2D eigenvalue weighted by atomic mass is 10.2. The maximum absolute atomic E-state index is 11.8. The molecule has 0 aliphatic carbocycles. The quantitative estimate of drug-likeness (QED) is 0.875. The van der Waals surface area contributed by atoms with Crippen molar-refractivity contribution in [3.63, 3.8) is 0 Å². The molecule has 4 nitrogen and oxygen atoms in total. The summed E-state index contributed by atoms with van der Waals surface area (Å²) < 4.78 is 7.77. The normalized spacial score (nSPS) is 10.4. The van der Waals surface area contributed by atoms with Gasteiger partial charge in [-0.2, -0.15) is 5.10 Å². The summed E-state index contributed by atoms with van der Waals surface area (Å²) >= 11 is 3.38. The van der Waals surface area contributed by atoms with Crippen molar-refractivity contribution in [1.82, 2.24) is 9.78 Å². The molecular weight excluding hydrogens is 296 g/mol. The van der Waals surface area contributed by atoms with E-state index in [0.717, 1.165) is 15.7 Å². The predicted molar refractivity (Wildman–Crippen MR) is 72.0 cm³/mol. The van der Waals surface area contributed by atoms with Crippen LogP contribution < -0.4 is 4.74 Å². The van der Waals surface area contributed by atoms with Crippen LogP contribution in [-0.4, -0.2) is 22.3 Å². The molecule has 0 spiro atoms. The van der Waals surface area contributed by atoms with Crippen molar-refractivity contribution >= 4 is 21.8 Å². The van der Waals surface area contributed by atoms with Gasteiger partial charge in [-0.1, -0.05) is 15.9 Å². The van der Waals surface area contributed by atoms with Crippen molar-refractivity contribution in [3.8, 4) is 5.75 Å². The summed E-state index contributed by atoms with van der Waals surface area (Å²) in [6.07, 6.45) is 1.63. The first kappa shape index (κ1) is 12.8. The van der Waals surface area contributed by atoms with Crippen molar-refractivity contribution in [2.45, 2.75) is 13.8 Å². The fourth-order valence-electron chi connectivity index (χ4n) is 1.53. The van der Waals surface area contributed by atoms with Gasteiger partial charge < -0.3 is 4.74 Å². The molecule has 1 heterocycles. The van der Waals surface area contributed by atoms with Gasteiger partial charge in [0.25, 0.3) is 5.91 Å². The maximum atomic E-state index is 11.8. The standard InChI is InChI=1S/C13H13BrN2O2/c1-9-7-11(14)3-4-12(9)18-8-13(17)16-6-5-10(2)15-16/h3-7H,8H2,1-2H3. The number of hydrogen-bond donors (Lipinski definition) is 0. The smallest absolute Gasteiger partial charge is 0.284 e. The summed E-state index contributed by atoms with van der Waals surface area (Å²) in [6, 6.07) is 7.44. The van der Waals surface area contributed by atoms with Crippen LogP contribution in [0.25, 0.3) is 0 Å². The highest BCUT2D eigenvalue weighted by Crippen LogP contribution is 2.22. The zero-order valence-corrected chi connectivity index (χ0v) is 11.8. The van der Waals surface area contributed by atoms with Crippen LogP contribution in [0.3, 0.4) is 0 Å². The van der Waals surface area contributed by atoms with Crippen LogP contribution in [0.15, 0.2) is 34.9 Å². The zero-order valence-electron chi connectivity index (χ0n) is 10.2. The van der Waals surface area contributed by atoms with Crippen molar-refractivity contribution < 1.29 is 9.53 Å². The second-order valence-electron chi connectivity index (χ2n) is 3.99.